The first kappa shape index (κ1) is 7.88. The third-order valence-electron chi connectivity index (χ3n) is 1.03. The number of aliphatic hydroxyl groups is 1. The van der Waals surface area contributed by atoms with Crippen LogP contribution in [0.1, 0.15) is 20.3 Å². The van der Waals surface area contributed by atoms with Crippen LogP contribution >= 0.6 is 0 Å². The molecule has 3 nitrogen and oxygen atoms in total. The molecule has 0 aliphatic carbocycles. The van der Waals surface area contributed by atoms with E-state index >= 15 is 0 Å². The molecular formula is C5H13NO2. The van der Waals surface area contributed by atoms with Crippen molar-refractivity contribution in [3.05, 3.63) is 0 Å². The first-order valence-corrected chi connectivity index (χ1v) is 2.86. The van der Waals surface area contributed by atoms with Crippen molar-refractivity contribution in [2.45, 2.75) is 26.5 Å². The molecule has 1 unspecified atom stereocenters. The molecule has 0 radical (unpaired) electrons. The molecule has 0 aromatic rings. The maximum atomic E-state index is 8.80. The minimum absolute atomic E-state index is 0.467. The Hall–Kier alpha value is -0.120. The van der Waals surface area contributed by atoms with Gasteiger partial charge in [-0.25, -0.2) is 0 Å². The summed E-state index contributed by atoms with van der Waals surface area (Å²) >= 11 is 0. The Labute approximate surface area is 49.5 Å². The van der Waals surface area contributed by atoms with Crippen LogP contribution in [0.15, 0.2) is 0 Å². The molecule has 0 bridgehead atoms. The van der Waals surface area contributed by atoms with E-state index in [1.54, 1.807) is 6.92 Å². The molecule has 1 atom stereocenters. The highest BCUT2D eigenvalue weighted by Gasteiger charge is 2.05. The van der Waals surface area contributed by atoms with Crippen LogP contribution in [0.2, 0.25) is 0 Å². The molecule has 2 N–H and O–H groups in total. The van der Waals surface area contributed by atoms with E-state index in [0.29, 0.717) is 13.0 Å². The monoisotopic (exact) mass is 119 g/mol. The second-order valence-electron chi connectivity index (χ2n) is 1.64. The van der Waals surface area contributed by atoms with Crippen molar-refractivity contribution in [2.75, 3.05) is 6.54 Å². The van der Waals surface area contributed by atoms with Crippen LogP contribution in [0, 0.1) is 0 Å². The predicted octanol–water partition coefficient (Wildman–Crippen LogP) is 0.426. The summed E-state index contributed by atoms with van der Waals surface area (Å²) in [6.45, 7) is 4.05. The van der Waals surface area contributed by atoms with E-state index in [1.165, 1.54) is 0 Å². The molecule has 0 aromatic carbocycles. The van der Waals surface area contributed by atoms with Gasteiger partial charge in [0.15, 0.2) is 0 Å². The van der Waals surface area contributed by atoms with Gasteiger partial charge in [0.05, 0.1) is 0 Å². The van der Waals surface area contributed by atoms with E-state index in [2.05, 4.69) is 0 Å². The van der Waals surface area contributed by atoms with Gasteiger partial charge in [-0.15, -0.1) is 0 Å². The fourth-order valence-electron chi connectivity index (χ4n) is 0.421. The van der Waals surface area contributed by atoms with Crippen molar-refractivity contribution >= 4 is 0 Å². The van der Waals surface area contributed by atoms with Crippen LogP contribution in [0.25, 0.3) is 0 Å². The van der Waals surface area contributed by atoms with Crippen LogP contribution in [-0.4, -0.2) is 28.1 Å². The van der Waals surface area contributed by atoms with Gasteiger partial charge in [-0.05, 0) is 13.3 Å². The lowest BCUT2D eigenvalue weighted by atomic mass is 10.4. The quantitative estimate of drug-likeness (QED) is 0.418. The normalized spacial score (nSPS) is 14.6. The van der Waals surface area contributed by atoms with Crippen molar-refractivity contribution in [3.63, 3.8) is 0 Å². The van der Waals surface area contributed by atoms with Gasteiger partial charge in [-0.3, -0.25) is 0 Å². The summed E-state index contributed by atoms with van der Waals surface area (Å²) < 4.78 is 0. The van der Waals surface area contributed by atoms with E-state index < -0.39 is 6.23 Å². The van der Waals surface area contributed by atoms with Gasteiger partial charge < -0.3 is 10.3 Å². The van der Waals surface area contributed by atoms with Gasteiger partial charge >= 0.3 is 0 Å². The number of hydrogen-bond acceptors (Lipinski definition) is 3. The minimum atomic E-state index is -0.694. The maximum absolute atomic E-state index is 8.80. The Kier molecular flexibility index (Phi) is 3.77. The lowest BCUT2D eigenvalue weighted by Gasteiger charge is -2.16. The summed E-state index contributed by atoms with van der Waals surface area (Å²) in [6.07, 6.45) is -0.135. The third-order valence-corrected chi connectivity index (χ3v) is 1.03. The number of rotatable bonds is 3. The lowest BCUT2D eigenvalue weighted by Crippen LogP contribution is -2.30. The van der Waals surface area contributed by atoms with Gasteiger partial charge in [0.2, 0.25) is 0 Å². The Bertz CT molecular complexity index is 50.4. The molecule has 50 valence electrons. The van der Waals surface area contributed by atoms with Crippen molar-refractivity contribution < 1.29 is 10.3 Å². The zero-order valence-corrected chi connectivity index (χ0v) is 5.33. The smallest absolute Gasteiger partial charge is 0.129 e. The van der Waals surface area contributed by atoms with Gasteiger partial charge in [-0.1, -0.05) is 6.92 Å². The second-order valence-corrected chi connectivity index (χ2v) is 1.64. The average molecular weight is 119 g/mol. The Balaban J connectivity index is 3.29. The summed E-state index contributed by atoms with van der Waals surface area (Å²) in [6, 6.07) is 0. The number of nitrogens with zero attached hydrogens (tertiary/aromatic N) is 1. The topological polar surface area (TPSA) is 43.7 Å². The first-order valence-electron chi connectivity index (χ1n) is 2.86. The Morgan fingerprint density at radius 2 is 2.00 bits per heavy atom. The van der Waals surface area contributed by atoms with Crippen LogP contribution in [0.3, 0.4) is 0 Å². The van der Waals surface area contributed by atoms with Crippen molar-refractivity contribution in [1.29, 1.82) is 0 Å². The van der Waals surface area contributed by atoms with Crippen molar-refractivity contribution in [2.24, 2.45) is 0 Å². The van der Waals surface area contributed by atoms with E-state index in [1.807, 2.05) is 6.92 Å². The van der Waals surface area contributed by atoms with Crippen molar-refractivity contribution in [3.8, 4) is 0 Å². The lowest BCUT2D eigenvalue weighted by molar-refractivity contribution is -0.193. The molecule has 0 rings (SSSR count). The van der Waals surface area contributed by atoms with Crippen molar-refractivity contribution in [1.82, 2.24) is 5.06 Å². The average Bonchev–Trinajstić information content (AvgIpc) is 1.84. The largest absolute Gasteiger partial charge is 0.376 e. The molecule has 0 aliphatic heterocycles. The Morgan fingerprint density at radius 1 is 1.50 bits per heavy atom. The standard InChI is InChI=1S/C5H13NO2/c1-3-5(7)6(8)4-2/h5,7-8H,3-4H2,1-2H3. The molecule has 0 heterocycles. The third kappa shape index (κ3) is 2.26. The highest BCUT2D eigenvalue weighted by molar-refractivity contribution is 4.43. The van der Waals surface area contributed by atoms with Crippen LogP contribution in [0.5, 0.6) is 0 Å². The highest BCUT2D eigenvalue weighted by Crippen LogP contribution is 1.93. The summed E-state index contributed by atoms with van der Waals surface area (Å²) in [4.78, 5) is 0. The molecule has 0 fully saturated rings. The molecule has 0 saturated carbocycles. The van der Waals surface area contributed by atoms with Gasteiger partial charge in [0.25, 0.3) is 0 Å². The van der Waals surface area contributed by atoms with E-state index in [0.717, 1.165) is 5.06 Å². The molecule has 0 spiro atoms. The summed E-state index contributed by atoms with van der Waals surface area (Å²) in [5, 5.41) is 18.4. The van der Waals surface area contributed by atoms with Crippen LogP contribution < -0.4 is 0 Å². The summed E-state index contributed by atoms with van der Waals surface area (Å²) in [5.41, 5.74) is 0. The zero-order valence-electron chi connectivity index (χ0n) is 5.33. The highest BCUT2D eigenvalue weighted by atomic mass is 16.5. The molecular weight excluding hydrogens is 106 g/mol. The molecule has 0 aromatic heterocycles. The Morgan fingerprint density at radius 3 is 2.12 bits per heavy atom. The fourth-order valence-corrected chi connectivity index (χ4v) is 0.421. The summed E-state index contributed by atoms with van der Waals surface area (Å²) in [5.74, 6) is 0. The molecule has 8 heavy (non-hydrogen) atoms. The number of hydroxylamine groups is 2. The van der Waals surface area contributed by atoms with Gasteiger partial charge in [0.1, 0.15) is 6.23 Å². The molecule has 0 amide bonds. The van der Waals surface area contributed by atoms with E-state index in [-0.39, 0.29) is 0 Å². The van der Waals surface area contributed by atoms with Crippen LogP contribution in [-0.2, 0) is 0 Å². The molecule has 0 saturated heterocycles. The second kappa shape index (κ2) is 3.83. The summed E-state index contributed by atoms with van der Waals surface area (Å²) in [7, 11) is 0. The van der Waals surface area contributed by atoms with Gasteiger partial charge in [0, 0.05) is 6.54 Å². The number of hydrogen-bond donors (Lipinski definition) is 2. The first-order chi connectivity index (χ1) is 3.72. The fraction of sp³-hybridized carbons (Fsp3) is 1.00. The van der Waals surface area contributed by atoms with E-state index in [9.17, 15) is 0 Å². The number of aliphatic hydroxyl groups excluding tert-OH is 1. The molecule has 3 heteroatoms. The van der Waals surface area contributed by atoms with Gasteiger partial charge in [-0.2, -0.15) is 5.06 Å². The predicted molar refractivity (Wildman–Crippen MR) is 30.5 cm³/mol. The molecule has 0 aliphatic rings. The van der Waals surface area contributed by atoms with E-state index in [4.69, 9.17) is 10.3 Å². The SMILES string of the molecule is CCC(O)N(O)CC. The maximum Gasteiger partial charge on any atom is 0.129 e. The minimum Gasteiger partial charge on any atom is -0.376 e. The van der Waals surface area contributed by atoms with Crippen LogP contribution in [0.4, 0.5) is 0 Å². The zero-order chi connectivity index (χ0) is 6.57.